The number of hydrogen-bond donors (Lipinski definition) is 3. The number of carboxylic acids is 1. The molecule has 7 heteroatoms. The van der Waals surface area contributed by atoms with Gasteiger partial charge in [0.25, 0.3) is 0 Å². The molecule has 7 nitrogen and oxygen atoms in total. The Morgan fingerprint density at radius 1 is 1.54 bits per heavy atom. The molecule has 1 aromatic heterocycles. The summed E-state index contributed by atoms with van der Waals surface area (Å²) in [5, 5.41) is 8.37. The van der Waals surface area contributed by atoms with Crippen molar-refractivity contribution in [1.82, 2.24) is 4.68 Å². The van der Waals surface area contributed by atoms with Gasteiger partial charge in [-0.15, -0.1) is 0 Å². The Labute approximate surface area is 72.4 Å². The van der Waals surface area contributed by atoms with E-state index in [4.69, 9.17) is 10.8 Å². The molecule has 0 fully saturated rings. The molecule has 0 spiro atoms. The lowest BCUT2D eigenvalue weighted by atomic mass is 10.2. The normalized spacial score (nSPS) is 13.0. The van der Waals surface area contributed by atoms with E-state index in [-0.39, 0.29) is 13.0 Å². The van der Waals surface area contributed by atoms with Gasteiger partial charge < -0.3 is 16.3 Å². The average Bonchev–Trinajstić information content (AvgIpc) is 2.61. The highest BCUT2D eigenvalue weighted by molar-refractivity contribution is 5.73. The van der Waals surface area contributed by atoms with Gasteiger partial charge in [-0.3, -0.25) is 14.4 Å². The molecule has 0 saturated heterocycles. The van der Waals surface area contributed by atoms with Gasteiger partial charge in [0.2, 0.25) is 0 Å². The number of nitrogens with two attached hydrogens (primary N) is 1. The third kappa shape index (κ3) is 2.15. The first-order valence-electron chi connectivity index (χ1n) is 3.64. The van der Waals surface area contributed by atoms with E-state index in [2.05, 4.69) is 5.43 Å². The van der Waals surface area contributed by atoms with Crippen molar-refractivity contribution in [2.24, 2.45) is 5.73 Å². The third-order valence-electron chi connectivity index (χ3n) is 1.58. The average molecular weight is 187 g/mol. The van der Waals surface area contributed by atoms with Crippen LogP contribution in [-0.2, 0) is 4.79 Å². The molecular formula is C6H9N3O4. The number of carbonyl (C=O) groups is 1. The molecule has 0 aliphatic heterocycles. The van der Waals surface area contributed by atoms with Crippen molar-refractivity contribution in [1.29, 1.82) is 0 Å². The Bertz CT molecular complexity index is 350. The number of carboxylic acid groups (broad SMARTS) is 1. The molecule has 0 aromatic carbocycles. The Morgan fingerprint density at radius 2 is 2.08 bits per heavy atom. The Balaban J connectivity index is 2.23. The molecule has 1 rings (SSSR count). The van der Waals surface area contributed by atoms with Crippen LogP contribution in [0.4, 0.5) is 0 Å². The van der Waals surface area contributed by atoms with Gasteiger partial charge in [0.15, 0.2) is 0 Å². The minimum Gasteiger partial charge on any atom is -0.480 e. The fourth-order valence-corrected chi connectivity index (χ4v) is 0.734. The number of nitrogens with one attached hydrogen (secondary N) is 1. The predicted octanol–water partition coefficient (Wildman–Crippen LogP) is -2.57. The van der Waals surface area contributed by atoms with Crippen LogP contribution in [0, 0.1) is 0 Å². The highest BCUT2D eigenvalue weighted by Crippen LogP contribution is 1.85. The molecule has 13 heavy (non-hydrogen) atoms. The van der Waals surface area contributed by atoms with Crippen LogP contribution in [-0.4, -0.2) is 28.3 Å². The van der Waals surface area contributed by atoms with Crippen LogP contribution < -0.4 is 22.3 Å². The summed E-state index contributed by atoms with van der Waals surface area (Å²) < 4.78 is 0.814. The van der Waals surface area contributed by atoms with Crippen molar-refractivity contribution < 1.29 is 9.90 Å². The Morgan fingerprint density at radius 3 is 2.46 bits per heavy atom. The van der Waals surface area contributed by atoms with E-state index in [1.54, 1.807) is 0 Å². The Hall–Kier alpha value is -1.63. The Kier molecular flexibility index (Phi) is 2.47. The van der Waals surface area contributed by atoms with Crippen LogP contribution in [0.5, 0.6) is 0 Å². The topological polar surface area (TPSA) is 114 Å². The molecule has 1 aromatic rings. The van der Waals surface area contributed by atoms with Crippen molar-refractivity contribution in [3.05, 3.63) is 20.7 Å². The van der Waals surface area contributed by atoms with Gasteiger partial charge in [-0.25, -0.2) is 0 Å². The summed E-state index contributed by atoms with van der Waals surface area (Å²) in [4.78, 5) is 31.0. The first-order valence-corrected chi connectivity index (χ1v) is 3.64. The standard InChI is InChI=1S/C6H9N3O4/c7-3(6(12)13)1-2-8-9-4(10)5(9)11/h3,8H,1-2,7H2,(H,12,13). The zero-order chi connectivity index (χ0) is 10.0. The van der Waals surface area contributed by atoms with Crippen LogP contribution in [0.2, 0.25) is 0 Å². The lowest BCUT2D eigenvalue weighted by Gasteiger charge is -2.05. The molecule has 0 saturated carbocycles. The van der Waals surface area contributed by atoms with Crippen molar-refractivity contribution >= 4 is 5.97 Å². The second kappa shape index (κ2) is 3.40. The second-order valence-electron chi connectivity index (χ2n) is 2.59. The molecule has 4 N–H and O–H groups in total. The number of hydrogen-bond acceptors (Lipinski definition) is 5. The fraction of sp³-hybridized carbons (Fsp3) is 0.500. The quantitative estimate of drug-likeness (QED) is 0.436. The van der Waals surface area contributed by atoms with Gasteiger partial charge in [-0.1, -0.05) is 0 Å². The molecule has 0 aliphatic rings. The highest BCUT2D eigenvalue weighted by atomic mass is 16.4. The van der Waals surface area contributed by atoms with E-state index >= 15 is 0 Å². The second-order valence-corrected chi connectivity index (χ2v) is 2.59. The third-order valence-corrected chi connectivity index (χ3v) is 1.58. The summed E-state index contributed by atoms with van der Waals surface area (Å²) in [5.41, 5.74) is 6.38. The van der Waals surface area contributed by atoms with Gasteiger partial charge >= 0.3 is 17.1 Å². The molecular weight excluding hydrogens is 178 g/mol. The van der Waals surface area contributed by atoms with E-state index in [0.29, 0.717) is 0 Å². The predicted molar refractivity (Wildman–Crippen MR) is 43.8 cm³/mol. The van der Waals surface area contributed by atoms with E-state index in [9.17, 15) is 14.4 Å². The summed E-state index contributed by atoms with van der Waals surface area (Å²) in [6, 6.07) is -0.974. The van der Waals surface area contributed by atoms with Crippen LogP contribution in [0.3, 0.4) is 0 Å². The molecule has 1 atom stereocenters. The van der Waals surface area contributed by atoms with Gasteiger partial charge in [-0.05, 0) is 6.42 Å². The monoisotopic (exact) mass is 187 g/mol. The van der Waals surface area contributed by atoms with E-state index < -0.39 is 23.1 Å². The van der Waals surface area contributed by atoms with Crippen LogP contribution in [0.1, 0.15) is 6.42 Å². The maximum atomic E-state index is 10.4. The lowest BCUT2D eigenvalue weighted by molar-refractivity contribution is -0.138. The number of nitrogens with zero attached hydrogens (tertiary/aromatic N) is 1. The summed E-state index contributed by atoms with van der Waals surface area (Å²) in [5.74, 6) is -1.11. The molecule has 1 heterocycles. The molecule has 0 bridgehead atoms. The molecule has 0 radical (unpaired) electrons. The van der Waals surface area contributed by atoms with E-state index in [1.807, 2.05) is 0 Å². The van der Waals surface area contributed by atoms with Gasteiger partial charge in [0.1, 0.15) is 6.04 Å². The first kappa shape index (κ1) is 9.46. The van der Waals surface area contributed by atoms with E-state index in [0.717, 1.165) is 4.68 Å². The fourth-order valence-electron chi connectivity index (χ4n) is 0.734. The SMILES string of the molecule is NC(CCNn1c(=O)c1=O)C(=O)O. The van der Waals surface area contributed by atoms with Crippen LogP contribution in [0.15, 0.2) is 9.59 Å². The summed E-state index contributed by atoms with van der Waals surface area (Å²) >= 11 is 0. The first-order chi connectivity index (χ1) is 6.04. The van der Waals surface area contributed by atoms with Gasteiger partial charge in [0.05, 0.1) is 0 Å². The lowest BCUT2D eigenvalue weighted by Crippen LogP contribution is -2.33. The highest BCUT2D eigenvalue weighted by Gasteiger charge is 2.16. The number of rotatable bonds is 5. The maximum absolute atomic E-state index is 10.4. The summed E-state index contributed by atoms with van der Waals surface area (Å²) in [6.07, 6.45) is 0.159. The van der Waals surface area contributed by atoms with Crippen LogP contribution >= 0.6 is 0 Å². The van der Waals surface area contributed by atoms with Gasteiger partial charge in [-0.2, -0.15) is 4.68 Å². The maximum Gasteiger partial charge on any atom is 0.340 e. The van der Waals surface area contributed by atoms with Crippen molar-refractivity contribution in [2.75, 3.05) is 12.0 Å². The minimum absolute atomic E-state index is 0.159. The van der Waals surface area contributed by atoms with Crippen LogP contribution in [0.25, 0.3) is 0 Å². The number of aromatic nitrogens is 1. The zero-order valence-corrected chi connectivity index (χ0v) is 6.69. The minimum atomic E-state index is -1.11. The molecule has 1 unspecified atom stereocenters. The summed E-state index contributed by atoms with van der Waals surface area (Å²) in [6.45, 7) is 0.185. The van der Waals surface area contributed by atoms with Crippen molar-refractivity contribution in [3.63, 3.8) is 0 Å². The molecule has 0 amide bonds. The smallest absolute Gasteiger partial charge is 0.340 e. The summed E-state index contributed by atoms with van der Waals surface area (Å²) in [7, 11) is 0. The molecule has 0 aliphatic carbocycles. The van der Waals surface area contributed by atoms with Gasteiger partial charge in [0, 0.05) is 6.54 Å². The van der Waals surface area contributed by atoms with Crippen molar-refractivity contribution in [3.8, 4) is 0 Å². The van der Waals surface area contributed by atoms with Crippen molar-refractivity contribution in [2.45, 2.75) is 12.5 Å². The van der Waals surface area contributed by atoms with E-state index in [1.165, 1.54) is 0 Å². The molecule has 72 valence electrons. The zero-order valence-electron chi connectivity index (χ0n) is 6.69. The largest absolute Gasteiger partial charge is 0.480 e. The number of aliphatic carboxylic acids is 1.